The summed E-state index contributed by atoms with van der Waals surface area (Å²) in [5.41, 5.74) is 2.15. The van der Waals surface area contributed by atoms with E-state index in [0.29, 0.717) is 4.77 Å². The highest BCUT2D eigenvalue weighted by Crippen LogP contribution is 2.27. The molecular formula is C15H15N3OS. The van der Waals surface area contributed by atoms with Crippen molar-refractivity contribution in [2.24, 2.45) is 0 Å². The van der Waals surface area contributed by atoms with Gasteiger partial charge in [0.05, 0.1) is 17.9 Å². The molecule has 20 heavy (non-hydrogen) atoms. The van der Waals surface area contributed by atoms with Gasteiger partial charge in [0.25, 0.3) is 0 Å². The normalized spacial score (nSPS) is 12.5. The molecule has 3 aromatic rings. The van der Waals surface area contributed by atoms with Gasteiger partial charge in [0.15, 0.2) is 10.6 Å². The quantitative estimate of drug-likeness (QED) is 0.736. The molecule has 2 heterocycles. The lowest BCUT2D eigenvalue weighted by atomic mass is 10.1. The van der Waals surface area contributed by atoms with Gasteiger partial charge in [0.1, 0.15) is 5.76 Å². The minimum atomic E-state index is 0.103. The van der Waals surface area contributed by atoms with E-state index in [1.165, 1.54) is 5.56 Å². The lowest BCUT2D eigenvalue weighted by Crippen LogP contribution is -2.08. The average Bonchev–Trinajstić information content (AvgIpc) is 3.05. The Hall–Kier alpha value is -2.14. The van der Waals surface area contributed by atoms with E-state index in [9.17, 15) is 0 Å². The number of rotatable bonds is 3. The smallest absolute Gasteiger partial charge is 0.196 e. The predicted octanol–water partition coefficient (Wildman–Crippen LogP) is 4.12. The molecule has 1 N–H and O–H groups in total. The number of hydrogen-bond acceptors (Lipinski definition) is 3. The highest BCUT2D eigenvalue weighted by molar-refractivity contribution is 7.71. The molecule has 0 saturated heterocycles. The van der Waals surface area contributed by atoms with Gasteiger partial charge in [-0.05, 0) is 37.7 Å². The molecular weight excluding hydrogens is 270 g/mol. The molecule has 0 saturated carbocycles. The minimum absolute atomic E-state index is 0.103. The number of nitrogens with zero attached hydrogens (tertiary/aromatic N) is 2. The topological polar surface area (TPSA) is 46.8 Å². The van der Waals surface area contributed by atoms with Crippen LogP contribution in [0, 0.1) is 11.7 Å². The third kappa shape index (κ3) is 2.10. The third-order valence-electron chi connectivity index (χ3n) is 3.47. The van der Waals surface area contributed by atoms with Gasteiger partial charge in [-0.25, -0.2) is 0 Å². The first kappa shape index (κ1) is 12.9. The van der Waals surface area contributed by atoms with E-state index < -0.39 is 0 Å². The summed E-state index contributed by atoms with van der Waals surface area (Å²) in [5, 5.41) is 7.23. The zero-order chi connectivity index (χ0) is 14.1. The number of benzene rings is 1. The van der Waals surface area contributed by atoms with Crippen LogP contribution in [0.1, 0.15) is 24.3 Å². The molecule has 1 atom stereocenters. The van der Waals surface area contributed by atoms with E-state index in [-0.39, 0.29) is 6.04 Å². The van der Waals surface area contributed by atoms with Gasteiger partial charge in [-0.15, -0.1) is 0 Å². The molecule has 102 valence electrons. The summed E-state index contributed by atoms with van der Waals surface area (Å²) in [4.78, 5) is 0. The maximum atomic E-state index is 5.38. The monoisotopic (exact) mass is 285 g/mol. The molecule has 0 aliphatic heterocycles. The molecule has 0 amide bonds. The predicted molar refractivity (Wildman–Crippen MR) is 80.1 cm³/mol. The summed E-state index contributed by atoms with van der Waals surface area (Å²) in [5.74, 6) is 1.64. The van der Waals surface area contributed by atoms with Crippen LogP contribution in [0.15, 0.2) is 47.1 Å². The molecule has 0 radical (unpaired) electrons. The second kappa shape index (κ2) is 5.09. The Morgan fingerprint density at radius 1 is 1.25 bits per heavy atom. The van der Waals surface area contributed by atoms with Crippen molar-refractivity contribution < 1.29 is 4.42 Å². The Morgan fingerprint density at radius 2 is 2.00 bits per heavy atom. The zero-order valence-electron chi connectivity index (χ0n) is 11.3. The van der Waals surface area contributed by atoms with Crippen molar-refractivity contribution in [2.45, 2.75) is 19.9 Å². The first-order valence-corrected chi connectivity index (χ1v) is 6.85. The van der Waals surface area contributed by atoms with Crippen molar-refractivity contribution in [1.82, 2.24) is 14.8 Å². The van der Waals surface area contributed by atoms with Crippen molar-refractivity contribution in [1.29, 1.82) is 0 Å². The highest BCUT2D eigenvalue weighted by Gasteiger charge is 2.18. The Balaban J connectivity index is 2.13. The van der Waals surface area contributed by atoms with Crippen molar-refractivity contribution in [3.8, 4) is 11.4 Å². The van der Waals surface area contributed by atoms with E-state index in [4.69, 9.17) is 16.6 Å². The molecule has 3 rings (SSSR count). The SMILES string of the molecule is Cc1occc1-c1n[nH]c(=S)n1[C@H](C)c1ccccc1. The lowest BCUT2D eigenvalue weighted by molar-refractivity contribution is 0.534. The van der Waals surface area contributed by atoms with E-state index in [2.05, 4.69) is 29.3 Å². The van der Waals surface area contributed by atoms with Crippen LogP contribution >= 0.6 is 12.2 Å². The summed E-state index contributed by atoms with van der Waals surface area (Å²) in [6, 6.07) is 12.3. The van der Waals surface area contributed by atoms with Crippen LogP contribution in [-0.2, 0) is 0 Å². The van der Waals surface area contributed by atoms with Crippen LogP contribution in [0.25, 0.3) is 11.4 Å². The number of hydrogen-bond donors (Lipinski definition) is 1. The average molecular weight is 285 g/mol. The number of aromatic amines is 1. The number of furan rings is 1. The number of aryl methyl sites for hydroxylation is 1. The van der Waals surface area contributed by atoms with Gasteiger partial charge in [-0.1, -0.05) is 30.3 Å². The fourth-order valence-corrected chi connectivity index (χ4v) is 2.64. The molecule has 5 heteroatoms. The summed E-state index contributed by atoms with van der Waals surface area (Å²) in [6.45, 7) is 4.03. The Kier molecular flexibility index (Phi) is 3.28. The molecule has 4 nitrogen and oxygen atoms in total. The summed E-state index contributed by atoms with van der Waals surface area (Å²) < 4.78 is 7.99. The summed E-state index contributed by atoms with van der Waals surface area (Å²) in [7, 11) is 0. The Morgan fingerprint density at radius 3 is 2.65 bits per heavy atom. The van der Waals surface area contributed by atoms with Crippen molar-refractivity contribution >= 4 is 12.2 Å². The van der Waals surface area contributed by atoms with Crippen molar-refractivity contribution in [2.75, 3.05) is 0 Å². The number of aromatic nitrogens is 3. The Bertz CT molecular complexity index is 770. The second-order valence-corrected chi connectivity index (χ2v) is 5.09. The van der Waals surface area contributed by atoms with E-state index in [1.807, 2.05) is 35.8 Å². The molecule has 0 unspecified atom stereocenters. The lowest BCUT2D eigenvalue weighted by Gasteiger charge is -2.15. The molecule has 1 aromatic carbocycles. The molecule has 0 aliphatic carbocycles. The minimum Gasteiger partial charge on any atom is -0.469 e. The Labute approximate surface area is 122 Å². The summed E-state index contributed by atoms with van der Waals surface area (Å²) >= 11 is 5.38. The number of nitrogens with one attached hydrogen (secondary N) is 1. The second-order valence-electron chi connectivity index (χ2n) is 4.70. The molecule has 0 aliphatic rings. The standard InChI is InChI=1S/C15H15N3OS/c1-10(12-6-4-3-5-7-12)18-14(16-17-15(18)20)13-8-9-19-11(13)2/h3-10H,1-2H3,(H,17,20)/t10-/m1/s1. The zero-order valence-corrected chi connectivity index (χ0v) is 12.1. The van der Waals surface area contributed by atoms with Gasteiger partial charge in [0.2, 0.25) is 0 Å². The first-order valence-electron chi connectivity index (χ1n) is 6.45. The fraction of sp³-hybridized carbons (Fsp3) is 0.200. The molecule has 0 bridgehead atoms. The van der Waals surface area contributed by atoms with Crippen molar-refractivity contribution in [3.05, 3.63) is 58.8 Å². The van der Waals surface area contributed by atoms with Gasteiger partial charge in [-0.3, -0.25) is 9.67 Å². The van der Waals surface area contributed by atoms with Gasteiger partial charge in [0, 0.05) is 0 Å². The van der Waals surface area contributed by atoms with Gasteiger partial charge < -0.3 is 4.42 Å². The van der Waals surface area contributed by atoms with Crippen LogP contribution in [0.3, 0.4) is 0 Å². The third-order valence-corrected chi connectivity index (χ3v) is 3.76. The van der Waals surface area contributed by atoms with Crippen LogP contribution in [0.2, 0.25) is 0 Å². The molecule has 0 spiro atoms. The van der Waals surface area contributed by atoms with E-state index in [0.717, 1.165) is 17.1 Å². The van der Waals surface area contributed by atoms with Crippen molar-refractivity contribution in [3.63, 3.8) is 0 Å². The molecule has 0 fully saturated rings. The van der Waals surface area contributed by atoms with Gasteiger partial charge >= 0.3 is 0 Å². The molecule has 2 aromatic heterocycles. The highest BCUT2D eigenvalue weighted by atomic mass is 32.1. The van der Waals surface area contributed by atoms with E-state index >= 15 is 0 Å². The van der Waals surface area contributed by atoms with Crippen LogP contribution in [-0.4, -0.2) is 14.8 Å². The van der Waals surface area contributed by atoms with E-state index in [1.54, 1.807) is 6.26 Å². The largest absolute Gasteiger partial charge is 0.469 e. The maximum Gasteiger partial charge on any atom is 0.196 e. The van der Waals surface area contributed by atoms with Crippen LogP contribution in [0.5, 0.6) is 0 Å². The first-order chi connectivity index (χ1) is 9.68. The van der Waals surface area contributed by atoms with Gasteiger partial charge in [-0.2, -0.15) is 5.10 Å². The summed E-state index contributed by atoms with van der Waals surface area (Å²) in [6.07, 6.45) is 1.67. The number of H-pyrrole nitrogens is 1. The maximum absolute atomic E-state index is 5.38. The van der Waals surface area contributed by atoms with Crippen LogP contribution in [0.4, 0.5) is 0 Å². The van der Waals surface area contributed by atoms with Crippen LogP contribution < -0.4 is 0 Å². The fourth-order valence-electron chi connectivity index (χ4n) is 2.35.